The number of thioether (sulfide) groups is 1. The van der Waals surface area contributed by atoms with Crippen molar-refractivity contribution in [1.82, 2.24) is 9.19 Å². The molecule has 0 unspecified atom stereocenters. The fraction of sp³-hybridized carbons (Fsp3) is 0.125. The van der Waals surface area contributed by atoms with Crippen molar-refractivity contribution in [2.75, 3.05) is 18.2 Å². The normalized spacial score (nSPS) is 10.6. The van der Waals surface area contributed by atoms with Gasteiger partial charge < -0.3 is 0 Å². The molecule has 0 bridgehead atoms. The van der Waals surface area contributed by atoms with Crippen molar-refractivity contribution in [3.05, 3.63) is 45.3 Å². The second kappa shape index (κ2) is 9.23. The van der Waals surface area contributed by atoms with Crippen LogP contribution in [0.4, 0.5) is 5.00 Å². The van der Waals surface area contributed by atoms with E-state index in [0.717, 1.165) is 9.33 Å². The van der Waals surface area contributed by atoms with Crippen molar-refractivity contribution in [2.24, 2.45) is 0 Å². The van der Waals surface area contributed by atoms with Crippen LogP contribution in [0.1, 0.15) is 10.4 Å². The summed E-state index contributed by atoms with van der Waals surface area (Å²) in [5.74, 6) is -0.539. The van der Waals surface area contributed by atoms with Crippen LogP contribution >= 0.6 is 46.3 Å². The number of ether oxygens (including phenoxy) is 1. The number of hydrogen-bond acceptors (Lipinski definition) is 7. The molecule has 0 spiro atoms. The summed E-state index contributed by atoms with van der Waals surface area (Å²) in [4.78, 5) is 24.0. The summed E-state index contributed by atoms with van der Waals surface area (Å²) >= 11 is 14.5. The summed E-state index contributed by atoms with van der Waals surface area (Å²) in [6.45, 7) is 0. The summed E-state index contributed by atoms with van der Waals surface area (Å²) in [6, 6.07) is 6.86. The van der Waals surface area contributed by atoms with Gasteiger partial charge >= 0.3 is 180 Å². The second-order valence-electron chi connectivity index (χ2n) is 5.03. The maximum atomic E-state index is 12.3. The molecule has 11 heteroatoms. The minimum absolute atomic E-state index is 0.172. The molecule has 3 aromatic rings. The number of anilines is 1. The molecule has 0 atom stereocenters. The van der Waals surface area contributed by atoms with E-state index >= 15 is 0 Å². The van der Waals surface area contributed by atoms with E-state index in [-0.39, 0.29) is 26.4 Å². The van der Waals surface area contributed by atoms with Crippen molar-refractivity contribution in [1.29, 1.82) is 0 Å². The number of methoxy groups -OCH3 is 1. The van der Waals surface area contributed by atoms with Crippen molar-refractivity contribution >= 4 is 77.9 Å². The average Bonchev–Trinajstić information content (AvgIpc) is 3.31. The Morgan fingerprint density at radius 2 is 2.11 bits per heavy atom. The van der Waals surface area contributed by atoms with Crippen LogP contribution in [0, 0.1) is 0 Å². The molecular formula is C16H11Cl2N3O3S2Se. The van der Waals surface area contributed by atoms with E-state index in [2.05, 4.69) is 14.5 Å². The molecule has 0 aliphatic carbocycles. The van der Waals surface area contributed by atoms with Gasteiger partial charge in [0, 0.05) is 0 Å². The first-order valence-electron chi connectivity index (χ1n) is 7.36. The van der Waals surface area contributed by atoms with Gasteiger partial charge in [-0.25, -0.2) is 0 Å². The van der Waals surface area contributed by atoms with E-state index < -0.39 is 5.97 Å². The molecule has 1 amide bonds. The SMILES string of the molecule is COC(=O)c1ccsc1NC(=O)CSc1[se]nnc1-c1ccc(Cl)c(Cl)c1. The molecule has 0 radical (unpaired) electrons. The molecular weight excluding hydrogens is 496 g/mol. The fourth-order valence-corrected chi connectivity index (χ4v) is 5.64. The van der Waals surface area contributed by atoms with Crippen molar-refractivity contribution in [3.8, 4) is 11.3 Å². The average molecular weight is 507 g/mol. The Kier molecular flexibility index (Phi) is 6.97. The van der Waals surface area contributed by atoms with Crippen LogP contribution in [0.25, 0.3) is 11.3 Å². The molecule has 140 valence electrons. The molecule has 6 nitrogen and oxygen atoms in total. The van der Waals surface area contributed by atoms with E-state index in [1.165, 1.54) is 30.2 Å². The Labute approximate surface area is 179 Å². The van der Waals surface area contributed by atoms with Gasteiger partial charge in [0.05, 0.1) is 0 Å². The summed E-state index contributed by atoms with van der Waals surface area (Å²) in [6.07, 6.45) is 0. The van der Waals surface area contributed by atoms with Gasteiger partial charge in [-0.2, -0.15) is 0 Å². The van der Waals surface area contributed by atoms with Crippen LogP contribution in [-0.2, 0) is 9.53 Å². The zero-order valence-corrected chi connectivity index (χ0v) is 18.6. The first-order chi connectivity index (χ1) is 13.0. The first-order valence-corrected chi connectivity index (χ1v) is 11.6. The fourth-order valence-electron chi connectivity index (χ4n) is 2.07. The van der Waals surface area contributed by atoms with E-state index in [1.54, 1.807) is 23.6 Å². The zero-order chi connectivity index (χ0) is 19.4. The number of esters is 1. The Hall–Kier alpha value is -1.35. The van der Waals surface area contributed by atoms with E-state index in [0.29, 0.717) is 26.3 Å². The number of hydrogen-bond donors (Lipinski definition) is 1. The molecule has 0 fully saturated rings. The molecule has 3 rings (SSSR count). The van der Waals surface area contributed by atoms with Gasteiger partial charge in [0.1, 0.15) is 0 Å². The second-order valence-corrected chi connectivity index (χ2v) is 9.91. The predicted octanol–water partition coefficient (Wildman–Crippen LogP) is 4.09. The number of rotatable bonds is 6. The number of thiophene rings is 1. The van der Waals surface area contributed by atoms with Gasteiger partial charge in [-0.1, -0.05) is 0 Å². The Bertz CT molecular complexity index is 993. The number of nitrogens with one attached hydrogen (secondary N) is 1. The number of carbonyl (C=O) groups is 2. The maximum absolute atomic E-state index is 12.3. The quantitative estimate of drug-likeness (QED) is 0.308. The van der Waals surface area contributed by atoms with Gasteiger partial charge in [-0.05, 0) is 0 Å². The Morgan fingerprint density at radius 3 is 2.85 bits per heavy atom. The molecule has 27 heavy (non-hydrogen) atoms. The monoisotopic (exact) mass is 507 g/mol. The topological polar surface area (TPSA) is 81.2 Å². The number of nitrogens with zero attached hydrogens (tertiary/aromatic N) is 2. The van der Waals surface area contributed by atoms with Crippen LogP contribution in [0.15, 0.2) is 33.4 Å². The number of benzene rings is 1. The van der Waals surface area contributed by atoms with Crippen molar-refractivity contribution in [2.45, 2.75) is 3.77 Å². The molecule has 1 N–H and O–H groups in total. The molecule has 0 saturated heterocycles. The van der Waals surface area contributed by atoms with Crippen molar-refractivity contribution in [3.63, 3.8) is 0 Å². The predicted molar refractivity (Wildman–Crippen MR) is 109 cm³/mol. The summed E-state index contributed by atoms with van der Waals surface area (Å²) in [7, 11) is 1.30. The summed E-state index contributed by atoms with van der Waals surface area (Å²) in [5.41, 5.74) is 1.85. The van der Waals surface area contributed by atoms with Gasteiger partial charge in [0.25, 0.3) is 0 Å². The van der Waals surface area contributed by atoms with E-state index in [9.17, 15) is 9.59 Å². The van der Waals surface area contributed by atoms with Crippen LogP contribution in [0.2, 0.25) is 10.0 Å². The zero-order valence-electron chi connectivity index (χ0n) is 13.7. The first kappa shape index (κ1) is 20.4. The van der Waals surface area contributed by atoms with Gasteiger partial charge in [0.2, 0.25) is 0 Å². The molecule has 0 aliphatic rings. The van der Waals surface area contributed by atoms with Gasteiger partial charge in [-0.15, -0.1) is 0 Å². The van der Waals surface area contributed by atoms with E-state index in [1.807, 2.05) is 6.07 Å². The van der Waals surface area contributed by atoms with Gasteiger partial charge in [-0.3, -0.25) is 0 Å². The van der Waals surface area contributed by atoms with Crippen molar-refractivity contribution < 1.29 is 14.3 Å². The van der Waals surface area contributed by atoms with E-state index in [4.69, 9.17) is 27.9 Å². The molecule has 2 aromatic heterocycles. The van der Waals surface area contributed by atoms with Crippen LogP contribution in [-0.4, -0.2) is 48.7 Å². The third-order valence-electron chi connectivity index (χ3n) is 3.31. The van der Waals surface area contributed by atoms with Crippen LogP contribution in [0.3, 0.4) is 0 Å². The molecule has 0 aliphatic heterocycles. The molecule has 1 aromatic carbocycles. The van der Waals surface area contributed by atoms with Gasteiger partial charge in [0.15, 0.2) is 0 Å². The number of aromatic nitrogens is 2. The Morgan fingerprint density at radius 1 is 1.30 bits per heavy atom. The standard InChI is InChI=1S/C16H11Cl2N3O3S2Se/c1-24-15(23)9-4-5-25-14(9)19-12(22)7-26-16-13(20-21-27-16)8-2-3-10(17)11(18)6-8/h2-6H,7H2,1H3,(H,19,22). The number of halogens is 2. The summed E-state index contributed by atoms with van der Waals surface area (Å²) < 4.78 is 9.73. The minimum atomic E-state index is -0.486. The number of carbonyl (C=O) groups excluding carboxylic acids is 2. The molecule has 2 heterocycles. The Balaban J connectivity index is 1.67. The third-order valence-corrected chi connectivity index (χ3v) is 7.96. The van der Waals surface area contributed by atoms with Crippen LogP contribution < -0.4 is 5.32 Å². The van der Waals surface area contributed by atoms with Crippen LogP contribution in [0.5, 0.6) is 0 Å². The summed E-state index contributed by atoms with van der Waals surface area (Å²) in [5, 5.41) is 10.0. The molecule has 0 saturated carbocycles. The third kappa shape index (κ3) is 4.93. The number of amides is 1.